The van der Waals surface area contributed by atoms with Gasteiger partial charge in [0.2, 0.25) is 0 Å². The van der Waals surface area contributed by atoms with Gasteiger partial charge in [0.05, 0.1) is 6.61 Å². The smallest absolute Gasteiger partial charge is 0.119 e. The van der Waals surface area contributed by atoms with Crippen LogP contribution in [-0.2, 0) is 0 Å². The summed E-state index contributed by atoms with van der Waals surface area (Å²) < 4.78 is 5.83. The maximum absolute atomic E-state index is 5.83. The molecule has 0 spiro atoms. The van der Waals surface area contributed by atoms with Gasteiger partial charge in [-0.1, -0.05) is 38.1 Å². The van der Waals surface area contributed by atoms with Gasteiger partial charge in [-0.2, -0.15) is 0 Å². The monoisotopic (exact) mass is 287 g/mol. The highest BCUT2D eigenvalue weighted by Gasteiger charge is 2.20. The summed E-state index contributed by atoms with van der Waals surface area (Å²) in [6.07, 6.45) is 2.48. The molecule has 21 heavy (non-hydrogen) atoms. The molecule has 0 N–H and O–H groups in total. The minimum atomic E-state index is 0.797. The summed E-state index contributed by atoms with van der Waals surface area (Å²) in [4.78, 5) is 2.59. The summed E-state index contributed by atoms with van der Waals surface area (Å²) in [6, 6.07) is 8.22. The van der Waals surface area contributed by atoms with Gasteiger partial charge in [0.15, 0.2) is 0 Å². The van der Waals surface area contributed by atoms with Crippen LogP contribution in [0.4, 0.5) is 0 Å². The van der Waals surface area contributed by atoms with Gasteiger partial charge in [-0.15, -0.1) is 0 Å². The second-order valence-electron chi connectivity index (χ2n) is 6.71. The van der Waals surface area contributed by atoms with Crippen LogP contribution in [-0.4, -0.2) is 31.1 Å². The first kappa shape index (κ1) is 16.1. The highest BCUT2D eigenvalue weighted by Crippen LogP contribution is 2.21. The van der Waals surface area contributed by atoms with Gasteiger partial charge in [0, 0.05) is 19.6 Å². The summed E-state index contributed by atoms with van der Waals surface area (Å²) in [6.45, 7) is 15.1. The Morgan fingerprint density at radius 2 is 1.81 bits per heavy atom. The first-order valence-corrected chi connectivity index (χ1v) is 8.15. The van der Waals surface area contributed by atoms with Gasteiger partial charge in [0.1, 0.15) is 5.75 Å². The molecule has 2 rings (SSSR count). The number of ether oxygens (including phenoxy) is 1. The van der Waals surface area contributed by atoms with Gasteiger partial charge < -0.3 is 9.64 Å². The van der Waals surface area contributed by atoms with Crippen molar-refractivity contribution in [2.45, 2.75) is 33.6 Å². The van der Waals surface area contributed by atoms with E-state index in [0.29, 0.717) is 0 Å². The zero-order valence-electron chi connectivity index (χ0n) is 13.8. The first-order chi connectivity index (χ1) is 10.0. The lowest BCUT2D eigenvalue weighted by molar-refractivity contribution is 0.132. The predicted octanol–water partition coefficient (Wildman–Crippen LogP) is 4.47. The number of likely N-dealkylation sites (tertiary alicyclic amines) is 1. The van der Waals surface area contributed by atoms with Gasteiger partial charge >= 0.3 is 0 Å². The van der Waals surface area contributed by atoms with Gasteiger partial charge in [-0.05, 0) is 49.3 Å². The van der Waals surface area contributed by atoms with Gasteiger partial charge in [-0.25, -0.2) is 0 Å². The molecule has 2 atom stereocenters. The maximum Gasteiger partial charge on any atom is 0.119 e. The van der Waals surface area contributed by atoms with E-state index in [-0.39, 0.29) is 0 Å². The van der Waals surface area contributed by atoms with Crippen molar-refractivity contribution in [2.24, 2.45) is 11.8 Å². The molecule has 116 valence electrons. The van der Waals surface area contributed by atoms with Gasteiger partial charge in [-0.3, -0.25) is 0 Å². The van der Waals surface area contributed by atoms with E-state index >= 15 is 0 Å². The second kappa shape index (κ2) is 7.65. The Bertz CT molecular complexity index is 441. The topological polar surface area (TPSA) is 12.5 Å². The normalized spacial score (nSPS) is 23.0. The minimum Gasteiger partial charge on any atom is -0.494 e. The van der Waals surface area contributed by atoms with Crippen LogP contribution < -0.4 is 4.74 Å². The van der Waals surface area contributed by atoms with E-state index in [2.05, 4.69) is 37.5 Å². The van der Waals surface area contributed by atoms with E-state index < -0.39 is 0 Å². The number of benzene rings is 1. The third kappa shape index (κ3) is 5.20. The molecule has 0 saturated carbocycles. The molecule has 0 amide bonds. The molecule has 2 nitrogen and oxygen atoms in total. The number of hydrogen-bond donors (Lipinski definition) is 0. The molecule has 1 aromatic rings. The van der Waals surface area contributed by atoms with E-state index in [1.54, 1.807) is 0 Å². The standard InChI is InChI=1S/C19H29NO/c1-15(2)18-6-8-19(9-7-18)21-11-5-10-20-13-16(3)12-17(4)14-20/h6-9,16-17H,1,5,10-14H2,2-4H3. The summed E-state index contributed by atoms with van der Waals surface area (Å²) in [7, 11) is 0. The Balaban J connectivity index is 1.68. The Hall–Kier alpha value is -1.28. The lowest BCUT2D eigenvalue weighted by atomic mass is 9.92. The molecule has 0 radical (unpaired) electrons. The predicted molar refractivity (Wildman–Crippen MR) is 90.6 cm³/mol. The van der Waals surface area contributed by atoms with Crippen LogP contribution in [0.1, 0.15) is 39.2 Å². The van der Waals surface area contributed by atoms with Crippen molar-refractivity contribution in [1.82, 2.24) is 4.90 Å². The lowest BCUT2D eigenvalue weighted by Crippen LogP contribution is -2.39. The molecule has 1 heterocycles. The number of hydrogen-bond acceptors (Lipinski definition) is 2. The molecule has 1 saturated heterocycles. The average molecular weight is 287 g/mol. The van der Waals surface area contributed by atoms with E-state index in [1.165, 1.54) is 25.1 Å². The van der Waals surface area contributed by atoms with Crippen LogP contribution in [0, 0.1) is 11.8 Å². The molecule has 1 aliphatic rings. The third-order valence-corrected chi connectivity index (χ3v) is 4.18. The molecule has 1 fully saturated rings. The average Bonchev–Trinajstić information content (AvgIpc) is 2.43. The third-order valence-electron chi connectivity index (χ3n) is 4.18. The molecule has 1 aromatic carbocycles. The van der Waals surface area contributed by atoms with Gasteiger partial charge in [0.25, 0.3) is 0 Å². The molecule has 1 aliphatic heterocycles. The molecule has 0 aromatic heterocycles. The van der Waals surface area contributed by atoms with Crippen molar-refractivity contribution in [1.29, 1.82) is 0 Å². The van der Waals surface area contributed by atoms with E-state index in [9.17, 15) is 0 Å². The molecular formula is C19H29NO. The Labute approximate surface area is 129 Å². The van der Waals surface area contributed by atoms with Crippen LogP contribution >= 0.6 is 0 Å². The van der Waals surface area contributed by atoms with Crippen molar-refractivity contribution in [3.8, 4) is 5.75 Å². The fourth-order valence-electron chi connectivity index (χ4n) is 3.29. The minimum absolute atomic E-state index is 0.797. The van der Waals surface area contributed by atoms with Crippen LogP contribution in [0.15, 0.2) is 30.8 Å². The van der Waals surface area contributed by atoms with Crippen LogP contribution in [0.2, 0.25) is 0 Å². The van der Waals surface area contributed by atoms with Crippen molar-refractivity contribution in [3.63, 3.8) is 0 Å². The van der Waals surface area contributed by atoms with Crippen molar-refractivity contribution >= 4 is 5.57 Å². The quantitative estimate of drug-likeness (QED) is 0.716. The molecule has 2 heteroatoms. The first-order valence-electron chi connectivity index (χ1n) is 8.15. The fourth-order valence-corrected chi connectivity index (χ4v) is 3.29. The highest BCUT2D eigenvalue weighted by molar-refractivity contribution is 5.61. The van der Waals surface area contributed by atoms with E-state index in [0.717, 1.165) is 42.7 Å². The van der Waals surface area contributed by atoms with E-state index in [1.807, 2.05) is 19.1 Å². The fraction of sp³-hybridized carbons (Fsp3) is 0.579. The molecular weight excluding hydrogens is 258 g/mol. The number of allylic oxidation sites excluding steroid dienone is 1. The molecule has 2 unspecified atom stereocenters. The summed E-state index contributed by atoms with van der Waals surface area (Å²) in [5.74, 6) is 2.63. The zero-order valence-corrected chi connectivity index (χ0v) is 13.8. The lowest BCUT2D eigenvalue weighted by Gasteiger charge is -2.34. The largest absolute Gasteiger partial charge is 0.494 e. The Morgan fingerprint density at radius 3 is 2.38 bits per heavy atom. The highest BCUT2D eigenvalue weighted by atomic mass is 16.5. The molecule has 0 aliphatic carbocycles. The van der Waals surface area contributed by atoms with Crippen LogP contribution in [0.5, 0.6) is 5.75 Å². The van der Waals surface area contributed by atoms with E-state index in [4.69, 9.17) is 4.74 Å². The zero-order chi connectivity index (χ0) is 15.2. The van der Waals surface area contributed by atoms with Crippen molar-refractivity contribution < 1.29 is 4.74 Å². The number of piperidine rings is 1. The second-order valence-corrected chi connectivity index (χ2v) is 6.71. The maximum atomic E-state index is 5.83. The SMILES string of the molecule is C=C(C)c1ccc(OCCCN2CC(C)CC(C)C2)cc1. The number of nitrogens with zero attached hydrogens (tertiary/aromatic N) is 1. The van der Waals surface area contributed by atoms with Crippen molar-refractivity contribution in [3.05, 3.63) is 36.4 Å². The summed E-state index contributed by atoms with van der Waals surface area (Å²) in [5, 5.41) is 0. The Morgan fingerprint density at radius 1 is 1.19 bits per heavy atom. The number of rotatable bonds is 6. The van der Waals surface area contributed by atoms with Crippen LogP contribution in [0.3, 0.4) is 0 Å². The summed E-state index contributed by atoms with van der Waals surface area (Å²) in [5.41, 5.74) is 2.27. The summed E-state index contributed by atoms with van der Waals surface area (Å²) >= 11 is 0. The Kier molecular flexibility index (Phi) is 5.86. The molecule has 0 bridgehead atoms. The van der Waals surface area contributed by atoms with Crippen LogP contribution in [0.25, 0.3) is 5.57 Å². The van der Waals surface area contributed by atoms with Crippen molar-refractivity contribution in [2.75, 3.05) is 26.2 Å².